The molecule has 0 unspecified atom stereocenters. The smallest absolute Gasteiger partial charge is 0.271 e. The van der Waals surface area contributed by atoms with E-state index in [9.17, 15) is 9.18 Å². The Balaban J connectivity index is 1.43. The summed E-state index contributed by atoms with van der Waals surface area (Å²) < 4.78 is 20.7. The highest BCUT2D eigenvalue weighted by atomic mass is 19.1. The first-order valence-electron chi connectivity index (χ1n) is 10.4. The van der Waals surface area contributed by atoms with Gasteiger partial charge < -0.3 is 15.0 Å². The van der Waals surface area contributed by atoms with Crippen LogP contribution in [0.15, 0.2) is 42.6 Å². The third kappa shape index (κ3) is 3.63. The number of nitrogens with zero attached hydrogens (tertiary/aromatic N) is 4. The molecule has 1 aromatic carbocycles. The Morgan fingerprint density at radius 3 is 2.87 bits per heavy atom. The molecule has 4 heterocycles. The first-order chi connectivity index (χ1) is 14.7. The Morgan fingerprint density at radius 1 is 1.17 bits per heavy atom. The van der Waals surface area contributed by atoms with Crippen molar-refractivity contribution in [2.45, 2.75) is 37.8 Å². The number of benzene rings is 1. The van der Waals surface area contributed by atoms with Crippen LogP contribution in [0.1, 0.15) is 47.8 Å². The second kappa shape index (κ2) is 8.02. The molecule has 2 saturated heterocycles. The molecule has 8 heteroatoms. The molecule has 156 valence electrons. The average Bonchev–Trinajstić information content (AvgIpc) is 3.41. The topological polar surface area (TPSA) is 71.8 Å². The number of imidazole rings is 1. The lowest BCUT2D eigenvalue weighted by Gasteiger charge is -2.26. The lowest BCUT2D eigenvalue weighted by atomic mass is 10.0. The minimum Gasteiger partial charge on any atom is -0.381 e. The normalized spacial score (nSPS) is 20.0. The molecule has 7 nitrogen and oxygen atoms in total. The van der Waals surface area contributed by atoms with Crippen LogP contribution in [0.5, 0.6) is 0 Å². The van der Waals surface area contributed by atoms with Gasteiger partial charge in [-0.3, -0.25) is 4.79 Å². The largest absolute Gasteiger partial charge is 0.381 e. The zero-order chi connectivity index (χ0) is 20.5. The summed E-state index contributed by atoms with van der Waals surface area (Å²) in [6, 6.07) is 10.7. The predicted octanol–water partition coefficient (Wildman–Crippen LogP) is 3.12. The first kappa shape index (κ1) is 19.0. The van der Waals surface area contributed by atoms with Crippen molar-refractivity contribution in [2.24, 2.45) is 0 Å². The molecular weight excluding hydrogens is 385 g/mol. The van der Waals surface area contributed by atoms with Gasteiger partial charge in [-0.2, -0.15) is 0 Å². The number of carbonyl (C=O) groups is 1. The molecule has 30 heavy (non-hydrogen) atoms. The molecule has 2 fully saturated rings. The van der Waals surface area contributed by atoms with E-state index in [4.69, 9.17) is 9.84 Å². The van der Waals surface area contributed by atoms with Crippen molar-refractivity contribution in [3.8, 4) is 0 Å². The number of rotatable bonds is 4. The van der Waals surface area contributed by atoms with Crippen molar-refractivity contribution in [2.75, 3.05) is 24.7 Å². The van der Waals surface area contributed by atoms with Crippen molar-refractivity contribution in [3.05, 3.63) is 59.7 Å². The van der Waals surface area contributed by atoms with Gasteiger partial charge in [-0.25, -0.2) is 13.9 Å². The third-order valence-electron chi connectivity index (χ3n) is 5.92. The quantitative estimate of drug-likeness (QED) is 0.717. The molecule has 0 aliphatic carbocycles. The first-order valence-corrected chi connectivity index (χ1v) is 10.4. The van der Waals surface area contributed by atoms with Crippen LogP contribution >= 0.6 is 0 Å². The fraction of sp³-hybridized carbons (Fsp3) is 0.409. The molecule has 1 amide bonds. The maximum Gasteiger partial charge on any atom is 0.271 e. The van der Waals surface area contributed by atoms with Crippen molar-refractivity contribution in [1.29, 1.82) is 0 Å². The summed E-state index contributed by atoms with van der Waals surface area (Å²) in [5.41, 5.74) is 1.98. The van der Waals surface area contributed by atoms with Crippen molar-refractivity contribution < 1.29 is 13.9 Å². The van der Waals surface area contributed by atoms with Crippen LogP contribution in [0, 0.1) is 5.82 Å². The maximum absolute atomic E-state index is 13.8. The Hall–Kier alpha value is -3.00. The molecule has 1 atom stereocenters. The fourth-order valence-electron chi connectivity index (χ4n) is 4.37. The predicted molar refractivity (Wildman–Crippen MR) is 110 cm³/mol. The van der Waals surface area contributed by atoms with Gasteiger partial charge in [0.05, 0.1) is 12.2 Å². The highest BCUT2D eigenvalue weighted by Gasteiger charge is 2.28. The molecular formula is C22H24FN5O2. The molecule has 3 aromatic rings. The van der Waals surface area contributed by atoms with E-state index < -0.39 is 0 Å². The van der Waals surface area contributed by atoms with E-state index in [1.54, 1.807) is 22.8 Å². The van der Waals surface area contributed by atoms with Crippen LogP contribution in [0.3, 0.4) is 0 Å². The van der Waals surface area contributed by atoms with E-state index in [1.807, 2.05) is 18.2 Å². The van der Waals surface area contributed by atoms with E-state index in [0.717, 1.165) is 43.6 Å². The van der Waals surface area contributed by atoms with Crippen molar-refractivity contribution in [1.82, 2.24) is 19.9 Å². The number of hydrogen-bond acceptors (Lipinski definition) is 5. The number of carbonyl (C=O) groups excluding carboxylic acids is 1. The Kier molecular flexibility index (Phi) is 5.08. The van der Waals surface area contributed by atoms with E-state index >= 15 is 0 Å². The van der Waals surface area contributed by atoms with Crippen LogP contribution in [0.4, 0.5) is 10.2 Å². The van der Waals surface area contributed by atoms with Crippen molar-refractivity contribution in [3.63, 3.8) is 0 Å². The summed E-state index contributed by atoms with van der Waals surface area (Å²) in [7, 11) is 0. The van der Waals surface area contributed by atoms with E-state index in [2.05, 4.69) is 15.2 Å². The number of nitrogens with one attached hydrogen (secondary N) is 1. The van der Waals surface area contributed by atoms with Gasteiger partial charge in [0.15, 0.2) is 11.3 Å². The van der Waals surface area contributed by atoms with Gasteiger partial charge in [-0.1, -0.05) is 12.1 Å². The number of hydrogen-bond donors (Lipinski definition) is 1. The molecule has 0 saturated carbocycles. The minimum atomic E-state index is -0.232. The van der Waals surface area contributed by atoms with Crippen LogP contribution in [0.2, 0.25) is 0 Å². The van der Waals surface area contributed by atoms with Gasteiger partial charge in [-0.05, 0) is 55.5 Å². The molecule has 0 radical (unpaired) electrons. The lowest BCUT2D eigenvalue weighted by Crippen LogP contribution is -2.39. The molecule has 2 aliphatic rings. The van der Waals surface area contributed by atoms with Gasteiger partial charge in [-0.15, -0.1) is 5.10 Å². The molecule has 5 rings (SSSR count). The Bertz CT molecular complexity index is 1060. The number of ether oxygens (including phenoxy) is 1. The SMILES string of the molecule is O=C(NC1CCOCC1)c1cnc2ccc(N3CCC[C@@H]3c3cccc(F)c3)nn12. The zero-order valence-electron chi connectivity index (χ0n) is 16.6. The van der Waals surface area contributed by atoms with Gasteiger partial charge in [0.2, 0.25) is 0 Å². The van der Waals surface area contributed by atoms with Crippen LogP contribution in [-0.2, 0) is 4.74 Å². The van der Waals surface area contributed by atoms with E-state index in [-0.39, 0.29) is 23.8 Å². The number of halogens is 1. The summed E-state index contributed by atoms with van der Waals surface area (Å²) >= 11 is 0. The number of amides is 1. The van der Waals surface area contributed by atoms with Gasteiger partial charge in [0, 0.05) is 25.8 Å². The monoisotopic (exact) mass is 409 g/mol. The molecule has 1 N–H and O–H groups in total. The van der Waals surface area contributed by atoms with Gasteiger partial charge >= 0.3 is 0 Å². The minimum absolute atomic E-state index is 0.0636. The third-order valence-corrected chi connectivity index (χ3v) is 5.92. The Labute approximate surface area is 173 Å². The summed E-state index contributed by atoms with van der Waals surface area (Å²) in [5.74, 6) is 0.346. The molecule has 0 spiro atoms. The summed E-state index contributed by atoms with van der Waals surface area (Å²) in [6.07, 6.45) is 5.12. The van der Waals surface area contributed by atoms with Crippen molar-refractivity contribution >= 4 is 17.4 Å². The Morgan fingerprint density at radius 2 is 2.03 bits per heavy atom. The molecule has 0 bridgehead atoms. The zero-order valence-corrected chi connectivity index (χ0v) is 16.6. The number of fused-ring (bicyclic) bond motifs is 1. The van der Waals surface area contributed by atoms with Crippen LogP contribution in [-0.4, -0.2) is 46.3 Å². The second-order valence-electron chi connectivity index (χ2n) is 7.87. The summed E-state index contributed by atoms with van der Waals surface area (Å²) in [5, 5.41) is 7.80. The summed E-state index contributed by atoms with van der Waals surface area (Å²) in [6.45, 7) is 2.16. The maximum atomic E-state index is 13.8. The van der Waals surface area contributed by atoms with E-state index in [1.165, 1.54) is 6.07 Å². The van der Waals surface area contributed by atoms with Crippen LogP contribution < -0.4 is 10.2 Å². The highest BCUT2D eigenvalue weighted by molar-refractivity contribution is 5.93. The molecule has 2 aromatic heterocycles. The average molecular weight is 409 g/mol. The van der Waals surface area contributed by atoms with E-state index in [0.29, 0.717) is 24.6 Å². The van der Waals surface area contributed by atoms with Gasteiger partial charge in [0.25, 0.3) is 5.91 Å². The second-order valence-corrected chi connectivity index (χ2v) is 7.87. The van der Waals surface area contributed by atoms with Gasteiger partial charge in [0.1, 0.15) is 11.6 Å². The molecule has 2 aliphatic heterocycles. The fourth-order valence-corrected chi connectivity index (χ4v) is 4.37. The standard InChI is InChI=1S/C22H24FN5O2/c23-16-4-1-3-15(13-16)18-5-2-10-27(18)21-7-6-20-24-14-19(28(20)26-21)22(29)25-17-8-11-30-12-9-17/h1,3-4,6-7,13-14,17-18H,2,5,8-12H2,(H,25,29)/t18-/m1/s1. The summed E-state index contributed by atoms with van der Waals surface area (Å²) in [4.78, 5) is 19.3. The van der Waals surface area contributed by atoms with Crippen LogP contribution in [0.25, 0.3) is 5.65 Å². The number of anilines is 1. The highest BCUT2D eigenvalue weighted by Crippen LogP contribution is 2.35. The number of aromatic nitrogens is 3. The lowest BCUT2D eigenvalue weighted by molar-refractivity contribution is 0.0693.